The number of furan rings is 1. The topological polar surface area (TPSA) is 97.1 Å². The van der Waals surface area contributed by atoms with Crippen LogP contribution in [0, 0.1) is 0 Å². The molecule has 8 heteroatoms. The van der Waals surface area contributed by atoms with Crippen molar-refractivity contribution in [1.29, 1.82) is 0 Å². The molecule has 0 saturated heterocycles. The van der Waals surface area contributed by atoms with Gasteiger partial charge < -0.3 is 14.1 Å². The van der Waals surface area contributed by atoms with Gasteiger partial charge in [-0.05, 0) is 18.6 Å². The Hall–Kier alpha value is -2.84. The van der Waals surface area contributed by atoms with E-state index in [4.69, 9.17) is 9.15 Å². The molecule has 3 aromatic rings. The monoisotopic (exact) mass is 367 g/mol. The van der Waals surface area contributed by atoms with Gasteiger partial charge in [-0.2, -0.15) is 0 Å². The molecular weight excluding hydrogens is 346 g/mol. The van der Waals surface area contributed by atoms with E-state index in [1.807, 2.05) is 12.1 Å². The molecule has 1 N–H and O–H groups in total. The molecule has 8 nitrogen and oxygen atoms in total. The Morgan fingerprint density at radius 2 is 2.07 bits per heavy atom. The van der Waals surface area contributed by atoms with E-state index in [-0.39, 0.29) is 5.56 Å². The fraction of sp³-hybridized carbons (Fsp3) is 0.368. The molecule has 0 amide bonds. The fourth-order valence-electron chi connectivity index (χ4n) is 3.30. The third-order valence-corrected chi connectivity index (χ3v) is 4.63. The van der Waals surface area contributed by atoms with Gasteiger partial charge in [-0.1, -0.05) is 0 Å². The van der Waals surface area contributed by atoms with E-state index < -0.39 is 0 Å². The number of nitrogens with one attached hydrogen (secondary N) is 1. The molecule has 4 rings (SSSR count). The molecule has 0 fully saturated rings. The van der Waals surface area contributed by atoms with Gasteiger partial charge in [0.2, 0.25) is 0 Å². The Balaban J connectivity index is 1.50. The molecule has 0 aliphatic carbocycles. The average Bonchev–Trinajstić information content (AvgIpc) is 3.01. The first kappa shape index (κ1) is 17.6. The molecule has 1 aliphatic rings. The number of aromatic amines is 1. The highest BCUT2D eigenvalue weighted by Gasteiger charge is 2.20. The number of hydrogen-bond acceptors (Lipinski definition) is 7. The van der Waals surface area contributed by atoms with Crippen molar-refractivity contribution < 1.29 is 9.15 Å². The smallest absolute Gasteiger partial charge is 0.254 e. The van der Waals surface area contributed by atoms with E-state index in [2.05, 4.69) is 24.8 Å². The van der Waals surface area contributed by atoms with Gasteiger partial charge in [0.15, 0.2) is 5.82 Å². The van der Waals surface area contributed by atoms with Crippen molar-refractivity contribution in [2.75, 3.05) is 20.2 Å². The van der Waals surface area contributed by atoms with Gasteiger partial charge >= 0.3 is 0 Å². The Kier molecular flexibility index (Phi) is 5.08. The summed E-state index contributed by atoms with van der Waals surface area (Å²) in [6.07, 6.45) is 6.14. The van der Waals surface area contributed by atoms with E-state index in [1.54, 1.807) is 25.7 Å². The van der Waals surface area contributed by atoms with Gasteiger partial charge in [0.1, 0.15) is 23.8 Å². The van der Waals surface area contributed by atoms with E-state index in [0.717, 1.165) is 35.9 Å². The van der Waals surface area contributed by atoms with Crippen LogP contribution in [0.3, 0.4) is 0 Å². The molecule has 4 heterocycles. The number of nitrogens with zero attached hydrogens (tertiary/aromatic N) is 4. The summed E-state index contributed by atoms with van der Waals surface area (Å²) in [5.74, 6) is 2.18. The van der Waals surface area contributed by atoms with Crippen molar-refractivity contribution in [2.24, 2.45) is 0 Å². The first-order valence-electron chi connectivity index (χ1n) is 8.90. The van der Waals surface area contributed by atoms with E-state index in [9.17, 15) is 4.79 Å². The molecule has 0 aromatic carbocycles. The molecule has 27 heavy (non-hydrogen) atoms. The summed E-state index contributed by atoms with van der Waals surface area (Å²) in [5.41, 5.74) is 2.06. The molecule has 0 radical (unpaired) electrons. The summed E-state index contributed by atoms with van der Waals surface area (Å²) in [6, 6.07) is 3.91. The summed E-state index contributed by atoms with van der Waals surface area (Å²) in [4.78, 5) is 30.6. The molecule has 1 aliphatic heterocycles. The van der Waals surface area contributed by atoms with Gasteiger partial charge in [0.05, 0.1) is 18.4 Å². The van der Waals surface area contributed by atoms with Crippen LogP contribution in [-0.2, 0) is 30.7 Å². The number of ether oxygens (including phenoxy) is 1. The lowest BCUT2D eigenvalue weighted by molar-refractivity contribution is 0.159. The van der Waals surface area contributed by atoms with Crippen LogP contribution in [-0.4, -0.2) is 45.0 Å². The zero-order valence-corrected chi connectivity index (χ0v) is 15.1. The number of hydrogen-bond donors (Lipinski definition) is 1. The predicted molar refractivity (Wildman–Crippen MR) is 98.0 cm³/mol. The highest BCUT2D eigenvalue weighted by Crippen LogP contribution is 2.17. The summed E-state index contributed by atoms with van der Waals surface area (Å²) >= 11 is 0. The number of H-pyrrole nitrogens is 1. The second-order valence-electron chi connectivity index (χ2n) is 6.51. The highest BCUT2D eigenvalue weighted by atomic mass is 16.5. The molecule has 3 aromatic heterocycles. The standard InChI is InChI=1S/C19H21N5O3/c1-26-12-14-3-2-13(27-14)11-24-8-4-15-16(5-9-24)22-18(23-19(15)25)17-10-20-6-7-21-17/h2-3,6-7,10H,4-5,8-9,11-12H2,1H3,(H,22,23,25). The zero-order chi connectivity index (χ0) is 18.6. The number of fused-ring (bicyclic) bond motifs is 1. The quantitative estimate of drug-likeness (QED) is 0.731. The largest absolute Gasteiger partial charge is 0.462 e. The zero-order valence-electron chi connectivity index (χ0n) is 15.1. The molecule has 140 valence electrons. The second kappa shape index (κ2) is 7.81. The Morgan fingerprint density at radius 3 is 2.89 bits per heavy atom. The van der Waals surface area contributed by atoms with Crippen molar-refractivity contribution in [3.8, 4) is 11.5 Å². The first-order chi connectivity index (χ1) is 13.2. The molecule has 0 spiro atoms. The first-order valence-corrected chi connectivity index (χ1v) is 8.90. The molecular formula is C19H21N5O3. The lowest BCUT2D eigenvalue weighted by atomic mass is 10.1. The summed E-state index contributed by atoms with van der Waals surface area (Å²) in [7, 11) is 1.65. The third kappa shape index (κ3) is 3.96. The van der Waals surface area contributed by atoms with Crippen LogP contribution < -0.4 is 5.56 Å². The van der Waals surface area contributed by atoms with Gasteiger partial charge in [-0.15, -0.1) is 0 Å². The second-order valence-corrected chi connectivity index (χ2v) is 6.51. The fourth-order valence-corrected chi connectivity index (χ4v) is 3.30. The SMILES string of the molecule is COCc1ccc(CN2CCc3nc(-c4cnccn4)[nH]c(=O)c3CC2)o1. The lowest BCUT2D eigenvalue weighted by Crippen LogP contribution is -2.26. The predicted octanol–water partition coefficient (Wildman–Crippen LogP) is 1.57. The number of rotatable bonds is 5. The third-order valence-electron chi connectivity index (χ3n) is 4.63. The summed E-state index contributed by atoms with van der Waals surface area (Å²) < 4.78 is 10.9. The minimum absolute atomic E-state index is 0.0946. The van der Waals surface area contributed by atoms with Gasteiger partial charge in [-0.25, -0.2) is 9.97 Å². The van der Waals surface area contributed by atoms with E-state index in [0.29, 0.717) is 37.5 Å². The molecule has 0 atom stereocenters. The Bertz CT molecular complexity index is 967. The van der Waals surface area contributed by atoms with Crippen molar-refractivity contribution in [3.63, 3.8) is 0 Å². The van der Waals surface area contributed by atoms with Crippen molar-refractivity contribution in [2.45, 2.75) is 26.0 Å². The van der Waals surface area contributed by atoms with Gasteiger partial charge in [0.25, 0.3) is 5.56 Å². The van der Waals surface area contributed by atoms with Crippen LogP contribution in [0.4, 0.5) is 0 Å². The number of aromatic nitrogens is 4. The molecule has 0 saturated carbocycles. The maximum Gasteiger partial charge on any atom is 0.254 e. The van der Waals surface area contributed by atoms with Crippen LogP contribution in [0.15, 0.2) is 39.9 Å². The lowest BCUT2D eigenvalue weighted by Gasteiger charge is -2.17. The van der Waals surface area contributed by atoms with E-state index >= 15 is 0 Å². The Labute approximate surface area is 156 Å². The van der Waals surface area contributed by atoms with Crippen molar-refractivity contribution in [1.82, 2.24) is 24.8 Å². The minimum atomic E-state index is -0.0946. The normalized spacial score (nSPS) is 14.7. The maximum absolute atomic E-state index is 12.6. The van der Waals surface area contributed by atoms with Gasteiger partial charge in [-0.3, -0.25) is 14.7 Å². The summed E-state index contributed by atoms with van der Waals surface area (Å²) in [5, 5.41) is 0. The van der Waals surface area contributed by atoms with Crippen LogP contribution in [0.25, 0.3) is 11.5 Å². The number of methoxy groups -OCH3 is 1. The Morgan fingerprint density at radius 1 is 1.22 bits per heavy atom. The van der Waals surface area contributed by atoms with Crippen molar-refractivity contribution >= 4 is 0 Å². The van der Waals surface area contributed by atoms with Crippen LogP contribution in [0.2, 0.25) is 0 Å². The average molecular weight is 367 g/mol. The van der Waals surface area contributed by atoms with Crippen LogP contribution in [0.1, 0.15) is 22.8 Å². The summed E-state index contributed by atoms with van der Waals surface area (Å²) in [6.45, 7) is 2.76. The van der Waals surface area contributed by atoms with Crippen LogP contribution >= 0.6 is 0 Å². The van der Waals surface area contributed by atoms with Gasteiger partial charge in [0, 0.05) is 44.6 Å². The minimum Gasteiger partial charge on any atom is -0.462 e. The highest BCUT2D eigenvalue weighted by molar-refractivity contribution is 5.47. The van der Waals surface area contributed by atoms with Crippen LogP contribution in [0.5, 0.6) is 0 Å². The van der Waals surface area contributed by atoms with E-state index in [1.165, 1.54) is 0 Å². The molecule has 0 bridgehead atoms. The molecule has 0 unspecified atom stereocenters. The van der Waals surface area contributed by atoms with Crippen molar-refractivity contribution in [3.05, 3.63) is 63.9 Å². The maximum atomic E-state index is 12.6.